The molecule has 0 radical (unpaired) electrons. The fraction of sp³-hybridized carbons (Fsp3) is 0.348. The molecule has 2 aromatic heterocycles. The minimum atomic E-state index is -0.586. The Kier molecular flexibility index (Phi) is 5.75. The molecule has 7 heteroatoms. The predicted octanol–water partition coefficient (Wildman–Crippen LogP) is 4.44. The molecule has 3 aromatic rings. The second-order valence-electron chi connectivity index (χ2n) is 8.02. The van der Waals surface area contributed by atoms with E-state index in [1.807, 2.05) is 77.7 Å². The summed E-state index contributed by atoms with van der Waals surface area (Å²) in [7, 11) is 0. The summed E-state index contributed by atoms with van der Waals surface area (Å²) >= 11 is 3.07. The van der Waals surface area contributed by atoms with E-state index < -0.39 is 5.41 Å². The van der Waals surface area contributed by atoms with Gasteiger partial charge in [-0.2, -0.15) is 11.3 Å². The molecule has 1 saturated heterocycles. The number of carbonyl (C=O) groups excluding carboxylic acids is 2. The second-order valence-corrected chi connectivity index (χ2v) is 9.80. The topological polar surface area (TPSA) is 53.5 Å². The summed E-state index contributed by atoms with van der Waals surface area (Å²) in [6.45, 7) is 8.01. The van der Waals surface area contributed by atoms with Crippen LogP contribution in [0.3, 0.4) is 0 Å². The van der Waals surface area contributed by atoms with E-state index in [-0.39, 0.29) is 11.8 Å². The van der Waals surface area contributed by atoms with Crippen molar-refractivity contribution in [2.75, 3.05) is 26.2 Å². The van der Waals surface area contributed by atoms with Crippen molar-refractivity contribution in [3.8, 4) is 10.6 Å². The largest absolute Gasteiger partial charge is 0.338 e. The SMILES string of the molecule is Cc1nc(-c2ccsc2)sc1C(=O)N1CCN(C(=O)C(C)(C)c2ccccc2)CC1. The first-order valence-corrected chi connectivity index (χ1v) is 11.8. The van der Waals surface area contributed by atoms with Gasteiger partial charge in [-0.05, 0) is 37.8 Å². The normalized spacial score (nSPS) is 14.8. The van der Waals surface area contributed by atoms with Gasteiger partial charge in [0, 0.05) is 37.1 Å². The molecule has 0 N–H and O–H groups in total. The smallest absolute Gasteiger partial charge is 0.265 e. The molecule has 1 aromatic carbocycles. The molecule has 0 spiro atoms. The number of benzene rings is 1. The third-order valence-corrected chi connectivity index (χ3v) is 7.52. The molecular formula is C23H25N3O2S2. The highest BCUT2D eigenvalue weighted by Gasteiger charge is 2.36. The van der Waals surface area contributed by atoms with Crippen molar-refractivity contribution in [3.05, 3.63) is 63.3 Å². The zero-order valence-corrected chi connectivity index (χ0v) is 19.1. The molecular weight excluding hydrogens is 414 g/mol. The standard InChI is InChI=1S/C23H25N3O2S2/c1-16-19(30-20(24-16)17-9-14-29-15-17)21(27)25-10-12-26(13-11-25)22(28)23(2,3)18-7-5-4-6-8-18/h4-9,14-15H,10-13H2,1-3H3. The molecule has 0 unspecified atom stereocenters. The fourth-order valence-corrected chi connectivity index (χ4v) is 5.48. The average Bonchev–Trinajstić information content (AvgIpc) is 3.43. The molecule has 156 valence electrons. The third-order valence-electron chi connectivity index (χ3n) is 5.64. The number of hydrogen-bond acceptors (Lipinski definition) is 5. The summed E-state index contributed by atoms with van der Waals surface area (Å²) in [5, 5.41) is 4.95. The van der Waals surface area contributed by atoms with Crippen LogP contribution in [-0.4, -0.2) is 52.8 Å². The van der Waals surface area contributed by atoms with Crippen molar-refractivity contribution in [2.45, 2.75) is 26.2 Å². The highest BCUT2D eigenvalue weighted by Crippen LogP contribution is 2.31. The Morgan fingerprint density at radius 1 is 1.00 bits per heavy atom. The lowest BCUT2D eigenvalue weighted by atomic mass is 9.83. The van der Waals surface area contributed by atoms with Crippen molar-refractivity contribution >= 4 is 34.5 Å². The number of thiazole rings is 1. The number of piperazine rings is 1. The lowest BCUT2D eigenvalue weighted by Gasteiger charge is -2.38. The lowest BCUT2D eigenvalue weighted by Crippen LogP contribution is -2.54. The Morgan fingerprint density at radius 3 is 2.30 bits per heavy atom. The number of hydrogen-bond donors (Lipinski definition) is 0. The molecule has 0 aliphatic carbocycles. The average molecular weight is 440 g/mol. The van der Waals surface area contributed by atoms with Gasteiger partial charge in [0.15, 0.2) is 0 Å². The molecule has 3 heterocycles. The second kappa shape index (κ2) is 8.32. The molecule has 5 nitrogen and oxygen atoms in total. The summed E-state index contributed by atoms with van der Waals surface area (Å²) in [6, 6.07) is 11.9. The highest BCUT2D eigenvalue weighted by molar-refractivity contribution is 7.17. The minimum Gasteiger partial charge on any atom is -0.338 e. The van der Waals surface area contributed by atoms with Crippen LogP contribution in [0.5, 0.6) is 0 Å². The Balaban J connectivity index is 1.42. The number of thiophene rings is 1. The van der Waals surface area contributed by atoms with Crippen LogP contribution in [0.15, 0.2) is 47.2 Å². The van der Waals surface area contributed by atoms with E-state index >= 15 is 0 Å². The van der Waals surface area contributed by atoms with Gasteiger partial charge >= 0.3 is 0 Å². The maximum Gasteiger partial charge on any atom is 0.265 e. The van der Waals surface area contributed by atoms with Crippen LogP contribution in [-0.2, 0) is 10.2 Å². The summed E-state index contributed by atoms with van der Waals surface area (Å²) in [5.74, 6) is 0.121. The molecule has 1 fully saturated rings. The van der Waals surface area contributed by atoms with Crippen molar-refractivity contribution < 1.29 is 9.59 Å². The van der Waals surface area contributed by atoms with Crippen LogP contribution in [0.2, 0.25) is 0 Å². The van der Waals surface area contributed by atoms with E-state index in [0.29, 0.717) is 31.1 Å². The Hall–Kier alpha value is -2.51. The van der Waals surface area contributed by atoms with Crippen molar-refractivity contribution in [1.29, 1.82) is 0 Å². The monoisotopic (exact) mass is 439 g/mol. The fourth-order valence-electron chi connectivity index (χ4n) is 3.73. The molecule has 1 aliphatic heterocycles. The van der Waals surface area contributed by atoms with E-state index in [4.69, 9.17) is 0 Å². The quantitative estimate of drug-likeness (QED) is 0.604. The summed E-state index contributed by atoms with van der Waals surface area (Å²) < 4.78 is 0. The number of rotatable bonds is 4. The van der Waals surface area contributed by atoms with Crippen LogP contribution in [0.4, 0.5) is 0 Å². The van der Waals surface area contributed by atoms with Gasteiger partial charge in [-0.15, -0.1) is 11.3 Å². The van der Waals surface area contributed by atoms with Crippen LogP contribution >= 0.6 is 22.7 Å². The summed E-state index contributed by atoms with van der Waals surface area (Å²) in [4.78, 5) is 35.3. The summed E-state index contributed by atoms with van der Waals surface area (Å²) in [6.07, 6.45) is 0. The summed E-state index contributed by atoms with van der Waals surface area (Å²) in [5.41, 5.74) is 2.26. The molecule has 2 amide bonds. The minimum absolute atomic E-state index is 0.0147. The zero-order chi connectivity index (χ0) is 21.3. The third kappa shape index (κ3) is 3.91. The van der Waals surface area contributed by atoms with E-state index in [0.717, 1.165) is 21.8 Å². The van der Waals surface area contributed by atoms with E-state index in [9.17, 15) is 9.59 Å². The molecule has 4 rings (SSSR count). The number of aryl methyl sites for hydroxylation is 1. The van der Waals surface area contributed by atoms with E-state index in [1.165, 1.54) is 11.3 Å². The van der Waals surface area contributed by atoms with Gasteiger partial charge in [0.25, 0.3) is 5.91 Å². The van der Waals surface area contributed by atoms with Crippen LogP contribution in [0.25, 0.3) is 10.6 Å². The molecule has 30 heavy (non-hydrogen) atoms. The van der Waals surface area contributed by atoms with E-state index in [1.54, 1.807) is 11.3 Å². The van der Waals surface area contributed by atoms with E-state index in [2.05, 4.69) is 4.98 Å². The first kappa shape index (κ1) is 20.8. The van der Waals surface area contributed by atoms with Gasteiger partial charge in [-0.1, -0.05) is 30.3 Å². The van der Waals surface area contributed by atoms with Gasteiger partial charge in [-0.3, -0.25) is 9.59 Å². The van der Waals surface area contributed by atoms with Gasteiger partial charge in [-0.25, -0.2) is 4.98 Å². The predicted molar refractivity (Wildman–Crippen MR) is 122 cm³/mol. The number of aromatic nitrogens is 1. The Bertz CT molecular complexity index is 1030. The van der Waals surface area contributed by atoms with Gasteiger partial charge in [0.05, 0.1) is 11.1 Å². The van der Waals surface area contributed by atoms with Crippen LogP contribution in [0.1, 0.15) is 34.8 Å². The number of nitrogens with zero attached hydrogens (tertiary/aromatic N) is 3. The maximum absolute atomic E-state index is 13.2. The molecule has 0 atom stereocenters. The first-order chi connectivity index (χ1) is 14.4. The van der Waals surface area contributed by atoms with Gasteiger partial charge in [0.1, 0.15) is 9.88 Å². The molecule has 0 saturated carbocycles. The van der Waals surface area contributed by atoms with Crippen LogP contribution < -0.4 is 0 Å². The van der Waals surface area contributed by atoms with Crippen molar-refractivity contribution in [2.24, 2.45) is 0 Å². The van der Waals surface area contributed by atoms with Crippen LogP contribution in [0, 0.1) is 6.92 Å². The van der Waals surface area contributed by atoms with Gasteiger partial charge < -0.3 is 9.80 Å². The molecule has 0 bridgehead atoms. The lowest BCUT2D eigenvalue weighted by molar-refractivity contribution is -0.137. The Labute approximate surface area is 185 Å². The number of amides is 2. The Morgan fingerprint density at radius 2 is 1.67 bits per heavy atom. The number of carbonyl (C=O) groups is 2. The first-order valence-electron chi connectivity index (χ1n) is 10.0. The van der Waals surface area contributed by atoms with Gasteiger partial charge in [0.2, 0.25) is 5.91 Å². The molecule has 1 aliphatic rings. The zero-order valence-electron chi connectivity index (χ0n) is 17.4. The van der Waals surface area contributed by atoms with Crippen molar-refractivity contribution in [1.82, 2.24) is 14.8 Å². The maximum atomic E-state index is 13.2. The highest BCUT2D eigenvalue weighted by atomic mass is 32.1. The van der Waals surface area contributed by atoms with Crippen molar-refractivity contribution in [3.63, 3.8) is 0 Å².